The third kappa shape index (κ3) is 2.64. The molecule has 5 rings (SSSR count). The Morgan fingerprint density at radius 3 is 2.32 bits per heavy atom. The minimum absolute atomic E-state index is 0.283. The van der Waals surface area contributed by atoms with Crippen molar-refractivity contribution in [1.29, 1.82) is 0 Å². The van der Waals surface area contributed by atoms with Crippen LogP contribution in [0.1, 0.15) is 32.1 Å². The van der Waals surface area contributed by atoms with Crippen LogP contribution >= 0.6 is 0 Å². The van der Waals surface area contributed by atoms with Gasteiger partial charge in [-0.1, -0.05) is 24.6 Å². The molecule has 1 saturated carbocycles. The Hall–Kier alpha value is -3.28. The van der Waals surface area contributed by atoms with E-state index in [-0.39, 0.29) is 5.96 Å². The van der Waals surface area contributed by atoms with Crippen LogP contribution in [0.15, 0.2) is 70.8 Å². The molecule has 0 radical (unpaired) electrons. The van der Waals surface area contributed by atoms with Crippen molar-refractivity contribution in [1.82, 2.24) is 4.57 Å². The van der Waals surface area contributed by atoms with Gasteiger partial charge in [0, 0.05) is 17.6 Å². The van der Waals surface area contributed by atoms with Crippen molar-refractivity contribution in [3.8, 4) is 5.69 Å². The number of fused-ring (bicyclic) bond motifs is 1. The summed E-state index contributed by atoms with van der Waals surface area (Å²) in [5, 5.41) is 1.23. The summed E-state index contributed by atoms with van der Waals surface area (Å²) in [7, 11) is 0. The number of nitrogens with two attached hydrogens (primary N) is 2. The van der Waals surface area contributed by atoms with Crippen molar-refractivity contribution in [3.63, 3.8) is 0 Å². The summed E-state index contributed by atoms with van der Waals surface area (Å²) in [4.78, 5) is 11.1. The first-order chi connectivity index (χ1) is 13.7. The smallest absolute Gasteiger partial charge is 0.220 e. The highest BCUT2D eigenvalue weighted by Crippen LogP contribution is 2.39. The molecule has 2 heterocycles. The van der Waals surface area contributed by atoms with E-state index in [4.69, 9.17) is 16.5 Å². The first kappa shape index (κ1) is 16.9. The number of para-hydroxylation sites is 1. The SMILES string of the molecule is NC1=NC2(CCCCC2)N(c2ccc(-n3ccc4ccccc43)cc2)C(N)=N1. The van der Waals surface area contributed by atoms with Crippen LogP contribution in [0, 0.1) is 0 Å². The standard InChI is InChI=1S/C22H24N6/c23-20-25-21(24)28(22(26-20)13-4-1-5-14-22)18-10-8-17(9-11-18)27-15-12-16-6-2-3-7-19(16)27/h2-3,6-12,15H,1,4-5,13-14H2,(H4,23,24,25,26). The highest BCUT2D eigenvalue weighted by atomic mass is 15.4. The van der Waals surface area contributed by atoms with E-state index in [0.717, 1.165) is 37.1 Å². The van der Waals surface area contributed by atoms with Gasteiger partial charge >= 0.3 is 0 Å². The van der Waals surface area contributed by atoms with Gasteiger partial charge in [0.2, 0.25) is 11.9 Å². The molecule has 28 heavy (non-hydrogen) atoms. The van der Waals surface area contributed by atoms with Crippen molar-refractivity contribution in [2.75, 3.05) is 4.90 Å². The van der Waals surface area contributed by atoms with Gasteiger partial charge in [0.1, 0.15) is 5.66 Å². The summed E-state index contributed by atoms with van der Waals surface area (Å²) in [6.07, 6.45) is 7.44. The maximum Gasteiger partial charge on any atom is 0.220 e. The number of benzene rings is 2. The summed E-state index contributed by atoms with van der Waals surface area (Å²) in [5.41, 5.74) is 15.2. The van der Waals surface area contributed by atoms with E-state index in [0.29, 0.717) is 5.96 Å². The first-order valence-corrected chi connectivity index (χ1v) is 9.83. The zero-order valence-electron chi connectivity index (χ0n) is 15.8. The normalized spacial score (nSPS) is 18.9. The fraction of sp³-hybridized carbons (Fsp3) is 0.273. The summed E-state index contributed by atoms with van der Waals surface area (Å²) < 4.78 is 2.19. The second-order valence-corrected chi connectivity index (χ2v) is 7.58. The zero-order chi connectivity index (χ0) is 19.1. The van der Waals surface area contributed by atoms with E-state index in [2.05, 4.69) is 75.3 Å². The van der Waals surface area contributed by atoms with E-state index < -0.39 is 5.66 Å². The predicted octanol–water partition coefficient (Wildman–Crippen LogP) is 3.74. The Labute approximate surface area is 164 Å². The maximum absolute atomic E-state index is 6.32. The minimum atomic E-state index is -0.407. The summed E-state index contributed by atoms with van der Waals surface area (Å²) >= 11 is 0. The van der Waals surface area contributed by atoms with Gasteiger partial charge < -0.3 is 16.0 Å². The molecule has 2 aliphatic rings. The second kappa shape index (κ2) is 6.41. The summed E-state index contributed by atoms with van der Waals surface area (Å²) in [5.74, 6) is 0.708. The van der Waals surface area contributed by atoms with E-state index in [1.807, 2.05) is 0 Å². The highest BCUT2D eigenvalue weighted by molar-refractivity contribution is 6.05. The van der Waals surface area contributed by atoms with Crippen molar-refractivity contribution >= 4 is 28.5 Å². The first-order valence-electron chi connectivity index (χ1n) is 9.83. The van der Waals surface area contributed by atoms with Gasteiger partial charge in [-0.05, 0) is 67.5 Å². The van der Waals surface area contributed by atoms with Crippen molar-refractivity contribution < 1.29 is 0 Å². The average molecular weight is 372 g/mol. The Balaban J connectivity index is 1.53. The molecule has 6 heteroatoms. The fourth-order valence-electron chi connectivity index (χ4n) is 4.57. The molecule has 0 amide bonds. The lowest BCUT2D eigenvalue weighted by Gasteiger charge is -2.45. The highest BCUT2D eigenvalue weighted by Gasteiger charge is 2.42. The van der Waals surface area contributed by atoms with Gasteiger partial charge in [0.05, 0.1) is 5.52 Å². The lowest BCUT2D eigenvalue weighted by Crippen LogP contribution is -2.58. The molecule has 0 saturated heterocycles. The van der Waals surface area contributed by atoms with Crippen molar-refractivity contribution in [2.24, 2.45) is 21.5 Å². The van der Waals surface area contributed by atoms with Gasteiger partial charge in [0.15, 0.2) is 0 Å². The largest absolute Gasteiger partial charge is 0.369 e. The topological polar surface area (TPSA) is 84.9 Å². The van der Waals surface area contributed by atoms with Crippen molar-refractivity contribution in [2.45, 2.75) is 37.8 Å². The number of aromatic nitrogens is 1. The van der Waals surface area contributed by atoms with Crippen molar-refractivity contribution in [3.05, 3.63) is 60.8 Å². The Kier molecular flexibility index (Phi) is 3.86. The Bertz CT molecular complexity index is 1070. The van der Waals surface area contributed by atoms with Crippen LogP contribution in [-0.4, -0.2) is 22.1 Å². The van der Waals surface area contributed by atoms with Crippen LogP contribution in [0.5, 0.6) is 0 Å². The molecule has 1 aromatic heterocycles. The Morgan fingerprint density at radius 2 is 1.54 bits per heavy atom. The zero-order valence-corrected chi connectivity index (χ0v) is 15.8. The molecule has 1 aliphatic heterocycles. The number of nitrogens with zero attached hydrogens (tertiary/aromatic N) is 4. The second-order valence-electron chi connectivity index (χ2n) is 7.58. The van der Waals surface area contributed by atoms with Crippen LogP contribution in [0.4, 0.5) is 5.69 Å². The third-order valence-electron chi connectivity index (χ3n) is 5.84. The van der Waals surface area contributed by atoms with Crippen LogP contribution in [0.3, 0.4) is 0 Å². The molecule has 6 nitrogen and oxygen atoms in total. The molecule has 0 atom stereocenters. The molecule has 1 aliphatic carbocycles. The molecule has 0 bridgehead atoms. The molecule has 0 unspecified atom stereocenters. The van der Waals surface area contributed by atoms with Gasteiger partial charge in [-0.15, -0.1) is 0 Å². The molecule has 1 fully saturated rings. The van der Waals surface area contributed by atoms with Crippen LogP contribution < -0.4 is 16.4 Å². The molecule has 142 valence electrons. The lowest BCUT2D eigenvalue weighted by molar-refractivity contribution is 0.305. The number of hydrogen-bond donors (Lipinski definition) is 2. The Morgan fingerprint density at radius 1 is 0.821 bits per heavy atom. The fourth-order valence-corrected chi connectivity index (χ4v) is 4.57. The molecular formula is C22H24N6. The van der Waals surface area contributed by atoms with E-state index >= 15 is 0 Å². The van der Waals surface area contributed by atoms with E-state index in [9.17, 15) is 0 Å². The number of aliphatic imine (C=N–C) groups is 2. The molecular weight excluding hydrogens is 348 g/mol. The van der Waals surface area contributed by atoms with Gasteiger partial charge in [-0.25, -0.2) is 4.99 Å². The number of anilines is 1. The lowest BCUT2D eigenvalue weighted by atomic mass is 9.87. The third-order valence-corrected chi connectivity index (χ3v) is 5.84. The molecule has 1 spiro atoms. The number of guanidine groups is 2. The van der Waals surface area contributed by atoms with Crippen LogP contribution in [0.25, 0.3) is 16.6 Å². The molecule has 3 aromatic rings. The monoisotopic (exact) mass is 372 g/mol. The summed E-state index contributed by atoms with van der Waals surface area (Å²) in [6, 6.07) is 18.9. The van der Waals surface area contributed by atoms with Gasteiger partial charge in [-0.3, -0.25) is 4.90 Å². The predicted molar refractivity (Wildman–Crippen MR) is 115 cm³/mol. The van der Waals surface area contributed by atoms with Gasteiger partial charge in [0.25, 0.3) is 0 Å². The minimum Gasteiger partial charge on any atom is -0.369 e. The summed E-state index contributed by atoms with van der Waals surface area (Å²) in [6.45, 7) is 0. The van der Waals surface area contributed by atoms with Crippen LogP contribution in [-0.2, 0) is 0 Å². The van der Waals surface area contributed by atoms with E-state index in [1.54, 1.807) is 0 Å². The molecule has 2 aromatic carbocycles. The number of hydrogen-bond acceptors (Lipinski definition) is 5. The van der Waals surface area contributed by atoms with E-state index in [1.165, 1.54) is 17.3 Å². The number of rotatable bonds is 2. The quantitative estimate of drug-likeness (QED) is 0.718. The average Bonchev–Trinajstić information content (AvgIpc) is 3.13. The molecule has 4 N–H and O–H groups in total. The maximum atomic E-state index is 6.32. The van der Waals surface area contributed by atoms with Gasteiger partial charge in [-0.2, -0.15) is 4.99 Å². The van der Waals surface area contributed by atoms with Crippen LogP contribution in [0.2, 0.25) is 0 Å².